The van der Waals surface area contributed by atoms with Crippen LogP contribution in [0.2, 0.25) is 4.34 Å². The van der Waals surface area contributed by atoms with Gasteiger partial charge in [-0.2, -0.15) is 18.3 Å². The maximum atomic E-state index is 13.9. The molecule has 2 aromatic heterocycles. The molecular formula is C23H21ClF3N3OS. The summed E-state index contributed by atoms with van der Waals surface area (Å²) < 4.78 is 43.8. The molecule has 0 radical (unpaired) electrons. The van der Waals surface area contributed by atoms with Crippen molar-refractivity contribution in [2.75, 3.05) is 6.54 Å². The average molecular weight is 480 g/mol. The van der Waals surface area contributed by atoms with Gasteiger partial charge in [-0.05, 0) is 42.7 Å². The predicted molar refractivity (Wildman–Crippen MR) is 120 cm³/mol. The third-order valence-electron chi connectivity index (χ3n) is 5.79. The SMILES string of the molecule is C=CC(=O)N1Cc2sc(Cl)cc2[C@H](c2ccccc2-c2c(C(F)(F)F)nn(CC)c2C)C1. The topological polar surface area (TPSA) is 38.1 Å². The highest BCUT2D eigenvalue weighted by Crippen LogP contribution is 2.45. The van der Waals surface area contributed by atoms with Gasteiger partial charge in [-0.1, -0.05) is 42.4 Å². The first kappa shape index (κ1) is 22.6. The van der Waals surface area contributed by atoms with Crippen LogP contribution in [0.1, 0.15) is 40.2 Å². The van der Waals surface area contributed by atoms with E-state index in [0.717, 1.165) is 10.4 Å². The quantitative estimate of drug-likeness (QED) is 0.413. The van der Waals surface area contributed by atoms with Gasteiger partial charge in [0.25, 0.3) is 0 Å². The average Bonchev–Trinajstić information content (AvgIpc) is 3.30. The Kier molecular flexibility index (Phi) is 5.94. The van der Waals surface area contributed by atoms with Crippen molar-refractivity contribution in [3.8, 4) is 11.1 Å². The fourth-order valence-electron chi connectivity index (χ4n) is 4.35. The summed E-state index contributed by atoms with van der Waals surface area (Å²) in [5.74, 6) is -0.554. The normalized spacial score (nSPS) is 16.2. The Balaban J connectivity index is 1.93. The lowest BCUT2D eigenvalue weighted by atomic mass is 9.83. The highest BCUT2D eigenvalue weighted by Gasteiger charge is 2.40. The van der Waals surface area contributed by atoms with Crippen molar-refractivity contribution in [1.82, 2.24) is 14.7 Å². The smallest absolute Gasteiger partial charge is 0.333 e. The molecular weight excluding hydrogens is 459 g/mol. The number of fused-ring (bicyclic) bond motifs is 1. The van der Waals surface area contributed by atoms with Crippen molar-refractivity contribution < 1.29 is 18.0 Å². The minimum atomic E-state index is -4.60. The number of hydrogen-bond donors (Lipinski definition) is 0. The summed E-state index contributed by atoms with van der Waals surface area (Å²) >= 11 is 7.67. The van der Waals surface area contributed by atoms with Gasteiger partial charge >= 0.3 is 6.18 Å². The number of halogens is 4. The second kappa shape index (κ2) is 8.41. The molecule has 0 bridgehead atoms. The molecule has 168 valence electrons. The number of rotatable bonds is 4. The molecule has 3 heterocycles. The number of carbonyl (C=O) groups is 1. The van der Waals surface area contributed by atoms with Crippen LogP contribution >= 0.6 is 22.9 Å². The minimum Gasteiger partial charge on any atom is -0.333 e. The maximum Gasteiger partial charge on any atom is 0.435 e. The number of alkyl halides is 3. The van der Waals surface area contributed by atoms with E-state index in [1.54, 1.807) is 36.9 Å². The molecule has 32 heavy (non-hydrogen) atoms. The second-order valence-corrected chi connectivity index (χ2v) is 9.38. The fraction of sp³-hybridized carbons (Fsp3) is 0.304. The molecule has 1 amide bonds. The van der Waals surface area contributed by atoms with E-state index in [2.05, 4.69) is 11.7 Å². The van der Waals surface area contributed by atoms with E-state index in [4.69, 9.17) is 11.6 Å². The van der Waals surface area contributed by atoms with Gasteiger partial charge < -0.3 is 4.90 Å². The van der Waals surface area contributed by atoms with E-state index < -0.39 is 11.9 Å². The summed E-state index contributed by atoms with van der Waals surface area (Å²) in [5.41, 5.74) is 1.73. The van der Waals surface area contributed by atoms with Crippen LogP contribution < -0.4 is 0 Å². The van der Waals surface area contributed by atoms with Crippen molar-refractivity contribution in [1.29, 1.82) is 0 Å². The lowest BCUT2D eigenvalue weighted by molar-refractivity contribution is -0.141. The highest BCUT2D eigenvalue weighted by atomic mass is 35.5. The lowest BCUT2D eigenvalue weighted by Gasteiger charge is -2.33. The first-order valence-corrected chi connectivity index (χ1v) is 11.3. The number of hydrogen-bond acceptors (Lipinski definition) is 3. The highest BCUT2D eigenvalue weighted by molar-refractivity contribution is 7.16. The molecule has 4 rings (SSSR count). The molecule has 0 fully saturated rings. The monoisotopic (exact) mass is 479 g/mol. The predicted octanol–water partition coefficient (Wildman–Crippen LogP) is 6.27. The zero-order chi connectivity index (χ0) is 23.2. The van der Waals surface area contributed by atoms with Crippen LogP contribution in [0.3, 0.4) is 0 Å². The summed E-state index contributed by atoms with van der Waals surface area (Å²) in [5, 5.41) is 3.86. The number of thiophene rings is 1. The second-order valence-electron chi connectivity index (χ2n) is 7.61. The number of nitrogens with zero attached hydrogens (tertiary/aromatic N) is 3. The lowest BCUT2D eigenvalue weighted by Crippen LogP contribution is -2.37. The van der Waals surface area contributed by atoms with Crippen molar-refractivity contribution in [3.63, 3.8) is 0 Å². The number of aromatic nitrogens is 2. The van der Waals surface area contributed by atoms with Crippen LogP contribution in [-0.4, -0.2) is 27.1 Å². The molecule has 4 nitrogen and oxygen atoms in total. The standard InChI is InChI=1S/C23H21ClF3N3OS/c1-4-20(31)29-11-17(16-10-19(24)32-18(16)12-29)14-8-6-7-9-15(14)21-13(3)30(5-2)28-22(21)23(25,26)27/h4,6-10,17H,1,5,11-12H2,2-3H3/t17-/m0/s1. The van der Waals surface area contributed by atoms with Crippen LogP contribution in [0.5, 0.6) is 0 Å². The number of carbonyl (C=O) groups excluding carboxylic acids is 1. The van der Waals surface area contributed by atoms with Crippen molar-refractivity contribution in [3.05, 3.63) is 74.7 Å². The molecule has 0 saturated carbocycles. The maximum absolute atomic E-state index is 13.9. The Morgan fingerprint density at radius 2 is 2.06 bits per heavy atom. The van der Waals surface area contributed by atoms with Gasteiger partial charge in [-0.15, -0.1) is 11.3 Å². The zero-order valence-electron chi connectivity index (χ0n) is 17.5. The molecule has 1 aliphatic heterocycles. The zero-order valence-corrected chi connectivity index (χ0v) is 19.1. The van der Waals surface area contributed by atoms with E-state index in [-0.39, 0.29) is 17.4 Å². The van der Waals surface area contributed by atoms with Crippen LogP contribution in [0.15, 0.2) is 43.0 Å². The van der Waals surface area contributed by atoms with Gasteiger partial charge in [-0.3, -0.25) is 9.48 Å². The van der Waals surface area contributed by atoms with Gasteiger partial charge in [0.2, 0.25) is 5.91 Å². The number of benzene rings is 1. The molecule has 0 saturated heterocycles. The number of amides is 1. The summed E-state index contributed by atoms with van der Waals surface area (Å²) in [6, 6.07) is 8.88. The van der Waals surface area contributed by atoms with E-state index in [1.807, 2.05) is 12.1 Å². The van der Waals surface area contributed by atoms with Crippen LogP contribution in [0.25, 0.3) is 11.1 Å². The molecule has 1 atom stereocenters. The summed E-state index contributed by atoms with van der Waals surface area (Å²) in [7, 11) is 0. The van der Waals surface area contributed by atoms with Crippen molar-refractivity contribution >= 4 is 28.8 Å². The van der Waals surface area contributed by atoms with Crippen molar-refractivity contribution in [2.45, 2.75) is 39.0 Å². The van der Waals surface area contributed by atoms with Crippen molar-refractivity contribution in [2.24, 2.45) is 0 Å². The van der Waals surface area contributed by atoms with E-state index in [0.29, 0.717) is 40.8 Å². The summed E-state index contributed by atoms with van der Waals surface area (Å²) in [4.78, 5) is 15.0. The minimum absolute atomic E-state index is 0.0741. The van der Waals surface area contributed by atoms with E-state index in [1.165, 1.54) is 22.1 Å². The van der Waals surface area contributed by atoms with Crippen LogP contribution in [0.4, 0.5) is 13.2 Å². The van der Waals surface area contributed by atoms with Gasteiger partial charge in [0, 0.05) is 35.1 Å². The molecule has 0 unspecified atom stereocenters. The number of aryl methyl sites for hydroxylation is 1. The third kappa shape index (κ3) is 3.86. The van der Waals surface area contributed by atoms with Gasteiger partial charge in [0.1, 0.15) is 0 Å². The van der Waals surface area contributed by atoms with Gasteiger partial charge in [0.15, 0.2) is 5.69 Å². The Morgan fingerprint density at radius 3 is 2.72 bits per heavy atom. The molecule has 0 spiro atoms. The van der Waals surface area contributed by atoms with Gasteiger partial charge in [0.05, 0.1) is 10.9 Å². The molecule has 3 aromatic rings. The Labute approximate surface area is 192 Å². The fourth-order valence-corrected chi connectivity index (χ4v) is 5.71. The van der Waals surface area contributed by atoms with Crippen LogP contribution in [-0.2, 0) is 24.1 Å². The first-order valence-electron chi connectivity index (χ1n) is 10.1. The largest absolute Gasteiger partial charge is 0.435 e. The van der Waals surface area contributed by atoms with Crippen LogP contribution in [0, 0.1) is 6.92 Å². The molecule has 0 N–H and O–H groups in total. The molecule has 0 aliphatic carbocycles. The summed E-state index contributed by atoms with van der Waals surface area (Å²) in [6.07, 6.45) is -3.35. The third-order valence-corrected chi connectivity index (χ3v) is 7.06. The Hall–Kier alpha value is -2.58. The Morgan fingerprint density at radius 1 is 1.34 bits per heavy atom. The molecule has 9 heteroatoms. The summed E-state index contributed by atoms with van der Waals surface area (Å²) in [6.45, 7) is 8.03. The van der Waals surface area contributed by atoms with E-state index in [9.17, 15) is 18.0 Å². The first-order chi connectivity index (χ1) is 15.2. The van der Waals surface area contributed by atoms with Gasteiger partial charge in [-0.25, -0.2) is 0 Å². The molecule has 1 aliphatic rings. The Bertz CT molecular complexity index is 1200. The van der Waals surface area contributed by atoms with E-state index >= 15 is 0 Å². The molecule has 1 aromatic carbocycles.